The van der Waals surface area contributed by atoms with Gasteiger partial charge in [0.05, 0.1) is 40.4 Å². The first-order chi connectivity index (χ1) is 14.3. The van der Waals surface area contributed by atoms with Crippen molar-refractivity contribution >= 4 is 28.6 Å². The van der Waals surface area contributed by atoms with Crippen molar-refractivity contribution in [3.05, 3.63) is 69.8 Å². The molecule has 12 heteroatoms. The van der Waals surface area contributed by atoms with Crippen LogP contribution in [0.25, 0.3) is 22.4 Å². The normalized spacial score (nSPS) is 11.0. The standard InChI is InChI=1S/C18H12FN7O4/c19-13-6-11(26(29)30)2-1-10(13)8-25-16-12(7-22-25)15(23-18(20)24-16)14-5-9(17(27)28)3-4-21-14/h1-7H,8H2,(H,27,28)(H2,20,23,24). The van der Waals surface area contributed by atoms with Crippen molar-refractivity contribution in [2.24, 2.45) is 0 Å². The minimum Gasteiger partial charge on any atom is -0.478 e. The van der Waals surface area contributed by atoms with Crippen LogP contribution in [-0.2, 0) is 6.54 Å². The lowest BCUT2D eigenvalue weighted by atomic mass is 10.1. The van der Waals surface area contributed by atoms with Gasteiger partial charge in [0.25, 0.3) is 5.69 Å². The summed E-state index contributed by atoms with van der Waals surface area (Å²) in [4.78, 5) is 33.8. The number of nitro benzene ring substituents is 1. The summed E-state index contributed by atoms with van der Waals surface area (Å²) in [5.41, 5.74) is 6.44. The molecule has 0 unspecified atom stereocenters. The number of nitrogens with zero attached hydrogens (tertiary/aromatic N) is 6. The number of pyridine rings is 1. The monoisotopic (exact) mass is 409 g/mol. The summed E-state index contributed by atoms with van der Waals surface area (Å²) in [6.45, 7) is -0.0637. The van der Waals surface area contributed by atoms with Gasteiger partial charge in [0.1, 0.15) is 11.5 Å². The number of aromatic nitrogens is 5. The van der Waals surface area contributed by atoms with Gasteiger partial charge in [-0.3, -0.25) is 15.1 Å². The number of nitrogens with two attached hydrogens (primary N) is 1. The number of carboxylic acids is 1. The van der Waals surface area contributed by atoms with Crippen LogP contribution in [0.5, 0.6) is 0 Å². The van der Waals surface area contributed by atoms with Gasteiger partial charge in [0, 0.05) is 17.8 Å². The summed E-state index contributed by atoms with van der Waals surface area (Å²) in [5, 5.41) is 24.6. The van der Waals surface area contributed by atoms with E-state index in [1.54, 1.807) is 0 Å². The minimum atomic E-state index is -1.12. The molecule has 0 spiro atoms. The average molecular weight is 409 g/mol. The summed E-state index contributed by atoms with van der Waals surface area (Å²) in [6, 6.07) is 6.01. The predicted octanol–water partition coefficient (Wildman–Crippen LogP) is 2.26. The zero-order chi connectivity index (χ0) is 21.4. The van der Waals surface area contributed by atoms with Crippen molar-refractivity contribution < 1.29 is 19.2 Å². The second-order valence-electron chi connectivity index (χ2n) is 6.24. The summed E-state index contributed by atoms with van der Waals surface area (Å²) >= 11 is 0. The largest absolute Gasteiger partial charge is 0.478 e. The number of anilines is 1. The van der Waals surface area contributed by atoms with Crippen molar-refractivity contribution in [1.82, 2.24) is 24.7 Å². The molecule has 0 radical (unpaired) electrons. The molecule has 3 aromatic heterocycles. The Morgan fingerprint density at radius 2 is 2.07 bits per heavy atom. The Labute approximate surface area is 166 Å². The van der Waals surface area contributed by atoms with E-state index in [4.69, 9.17) is 5.73 Å². The summed E-state index contributed by atoms with van der Waals surface area (Å²) in [7, 11) is 0. The van der Waals surface area contributed by atoms with Crippen LogP contribution in [0.2, 0.25) is 0 Å². The molecule has 0 bridgehead atoms. The van der Waals surface area contributed by atoms with Crippen LogP contribution in [0.15, 0.2) is 42.7 Å². The maximum absolute atomic E-state index is 14.3. The molecule has 0 aliphatic carbocycles. The number of hydrogen-bond acceptors (Lipinski definition) is 8. The van der Waals surface area contributed by atoms with E-state index in [1.165, 1.54) is 41.3 Å². The Hall–Kier alpha value is -4.48. The second kappa shape index (κ2) is 7.16. The van der Waals surface area contributed by atoms with Crippen LogP contribution < -0.4 is 5.73 Å². The maximum Gasteiger partial charge on any atom is 0.335 e. The fraction of sp³-hybridized carbons (Fsp3) is 0.0556. The molecule has 4 aromatic rings. The number of hydrogen-bond donors (Lipinski definition) is 2. The van der Waals surface area contributed by atoms with E-state index in [9.17, 15) is 24.4 Å². The molecule has 150 valence electrons. The van der Waals surface area contributed by atoms with E-state index in [0.29, 0.717) is 5.39 Å². The number of nitrogen functional groups attached to an aromatic ring is 1. The van der Waals surface area contributed by atoms with Gasteiger partial charge < -0.3 is 10.8 Å². The van der Waals surface area contributed by atoms with E-state index >= 15 is 0 Å². The number of nitro groups is 1. The van der Waals surface area contributed by atoms with E-state index in [-0.39, 0.29) is 46.3 Å². The van der Waals surface area contributed by atoms with Crippen molar-refractivity contribution in [1.29, 1.82) is 0 Å². The molecule has 0 aliphatic heterocycles. The molecule has 0 fully saturated rings. The molecule has 4 rings (SSSR count). The van der Waals surface area contributed by atoms with Crippen LogP contribution >= 0.6 is 0 Å². The molecule has 0 saturated carbocycles. The minimum absolute atomic E-state index is 0.0191. The summed E-state index contributed by atoms with van der Waals surface area (Å²) in [6.07, 6.45) is 2.77. The zero-order valence-electron chi connectivity index (χ0n) is 15.1. The average Bonchev–Trinajstić information content (AvgIpc) is 3.11. The first-order valence-electron chi connectivity index (χ1n) is 8.45. The van der Waals surface area contributed by atoms with Crippen molar-refractivity contribution in [2.75, 3.05) is 5.73 Å². The quantitative estimate of drug-likeness (QED) is 0.372. The van der Waals surface area contributed by atoms with Gasteiger partial charge in [-0.15, -0.1) is 0 Å². The number of halogens is 1. The number of non-ortho nitro benzene ring substituents is 1. The van der Waals surface area contributed by atoms with Gasteiger partial charge >= 0.3 is 5.97 Å². The van der Waals surface area contributed by atoms with Crippen LogP contribution in [0.1, 0.15) is 15.9 Å². The third-order valence-corrected chi connectivity index (χ3v) is 4.33. The Bertz CT molecular complexity index is 1320. The van der Waals surface area contributed by atoms with Gasteiger partial charge in [-0.1, -0.05) is 0 Å². The highest BCUT2D eigenvalue weighted by molar-refractivity contribution is 5.93. The number of benzene rings is 1. The molecular formula is C18H12FN7O4. The topological polar surface area (TPSA) is 163 Å². The Kier molecular flexibility index (Phi) is 4.50. The van der Waals surface area contributed by atoms with E-state index in [1.807, 2.05) is 0 Å². The summed E-state index contributed by atoms with van der Waals surface area (Å²) < 4.78 is 15.6. The third kappa shape index (κ3) is 3.37. The van der Waals surface area contributed by atoms with Crippen molar-refractivity contribution in [3.63, 3.8) is 0 Å². The van der Waals surface area contributed by atoms with Crippen LogP contribution in [0.4, 0.5) is 16.0 Å². The summed E-state index contributed by atoms with van der Waals surface area (Å²) in [5.74, 6) is -1.99. The smallest absolute Gasteiger partial charge is 0.335 e. The van der Waals surface area contributed by atoms with Crippen molar-refractivity contribution in [2.45, 2.75) is 6.54 Å². The lowest BCUT2D eigenvalue weighted by Crippen LogP contribution is -2.07. The van der Waals surface area contributed by atoms with Crippen LogP contribution in [0, 0.1) is 15.9 Å². The van der Waals surface area contributed by atoms with E-state index in [2.05, 4.69) is 20.1 Å². The van der Waals surface area contributed by atoms with Gasteiger partial charge in [-0.25, -0.2) is 18.9 Å². The SMILES string of the molecule is Nc1nc(-c2cc(C(=O)O)ccn2)c2cnn(Cc3ccc([N+](=O)[O-])cc3F)c2n1. The number of fused-ring (bicyclic) bond motifs is 1. The lowest BCUT2D eigenvalue weighted by molar-refractivity contribution is -0.385. The third-order valence-electron chi connectivity index (χ3n) is 4.33. The number of carbonyl (C=O) groups is 1. The number of aromatic carboxylic acids is 1. The molecular weight excluding hydrogens is 397 g/mol. The first kappa shape index (κ1) is 18.9. The molecule has 3 heterocycles. The molecule has 1 aromatic carbocycles. The van der Waals surface area contributed by atoms with Gasteiger partial charge in [-0.05, 0) is 18.2 Å². The lowest BCUT2D eigenvalue weighted by Gasteiger charge is -2.07. The molecule has 3 N–H and O–H groups in total. The van der Waals surface area contributed by atoms with E-state index in [0.717, 1.165) is 6.07 Å². The van der Waals surface area contributed by atoms with Gasteiger partial charge in [-0.2, -0.15) is 10.1 Å². The van der Waals surface area contributed by atoms with Crippen molar-refractivity contribution in [3.8, 4) is 11.4 Å². The molecule has 30 heavy (non-hydrogen) atoms. The molecule has 0 aliphatic rings. The fourth-order valence-electron chi connectivity index (χ4n) is 2.92. The van der Waals surface area contributed by atoms with E-state index < -0.39 is 16.7 Å². The highest BCUT2D eigenvalue weighted by atomic mass is 19.1. The van der Waals surface area contributed by atoms with Crippen LogP contribution in [0.3, 0.4) is 0 Å². The predicted molar refractivity (Wildman–Crippen MR) is 102 cm³/mol. The van der Waals surface area contributed by atoms with Gasteiger partial charge in [0.15, 0.2) is 5.65 Å². The highest BCUT2D eigenvalue weighted by Crippen LogP contribution is 2.27. The number of carboxylic acid groups (broad SMARTS) is 1. The molecule has 0 saturated heterocycles. The highest BCUT2D eigenvalue weighted by Gasteiger charge is 2.18. The Morgan fingerprint density at radius 3 is 2.77 bits per heavy atom. The maximum atomic E-state index is 14.3. The second-order valence-corrected chi connectivity index (χ2v) is 6.24. The number of rotatable bonds is 5. The first-order valence-corrected chi connectivity index (χ1v) is 8.45. The molecule has 0 amide bonds. The Morgan fingerprint density at radius 1 is 1.27 bits per heavy atom. The molecule has 11 nitrogen and oxygen atoms in total. The van der Waals surface area contributed by atoms with Crippen LogP contribution in [-0.4, -0.2) is 40.7 Å². The zero-order valence-corrected chi connectivity index (χ0v) is 15.1. The fourth-order valence-corrected chi connectivity index (χ4v) is 2.92. The molecule has 0 atom stereocenters. The Balaban J connectivity index is 1.79. The van der Waals surface area contributed by atoms with Gasteiger partial charge in [0.2, 0.25) is 5.95 Å².